The van der Waals surface area contributed by atoms with Crippen molar-refractivity contribution < 1.29 is 4.79 Å². The summed E-state index contributed by atoms with van der Waals surface area (Å²) < 4.78 is 0. The highest BCUT2D eigenvalue weighted by molar-refractivity contribution is 7.80. The average Bonchev–Trinajstić information content (AvgIpc) is 2.21. The fourth-order valence-electron chi connectivity index (χ4n) is 1.28. The molecule has 4 nitrogen and oxygen atoms in total. The summed E-state index contributed by atoms with van der Waals surface area (Å²) in [7, 11) is 0. The molecule has 0 heterocycles. The third-order valence-electron chi connectivity index (χ3n) is 2.24. The largest absolute Gasteiger partial charge is 0.392 e. The molecule has 5 heteroatoms. The zero-order valence-electron chi connectivity index (χ0n) is 9.75. The minimum absolute atomic E-state index is 0.0370. The van der Waals surface area contributed by atoms with E-state index in [1.54, 1.807) is 0 Å². The second kappa shape index (κ2) is 7.59. The van der Waals surface area contributed by atoms with Gasteiger partial charge in [0.05, 0.1) is 11.0 Å². The highest BCUT2D eigenvalue weighted by Crippen LogP contribution is 1.98. The van der Waals surface area contributed by atoms with E-state index in [-0.39, 0.29) is 11.9 Å². The highest BCUT2D eigenvalue weighted by Gasteiger charge is 2.19. The first-order chi connectivity index (χ1) is 7.02. The van der Waals surface area contributed by atoms with Gasteiger partial charge in [-0.1, -0.05) is 26.1 Å². The van der Waals surface area contributed by atoms with Gasteiger partial charge in [0.25, 0.3) is 0 Å². The Morgan fingerprint density at radius 3 is 2.53 bits per heavy atom. The van der Waals surface area contributed by atoms with E-state index < -0.39 is 0 Å². The third kappa shape index (κ3) is 5.69. The SMILES string of the molecule is CCCNC(=O)C(C)N(CC)CC(N)=S. The number of hydrogen-bond acceptors (Lipinski definition) is 3. The number of nitrogens with one attached hydrogen (secondary N) is 1. The first-order valence-electron chi connectivity index (χ1n) is 5.32. The summed E-state index contributed by atoms with van der Waals surface area (Å²) >= 11 is 4.84. The van der Waals surface area contributed by atoms with Crippen LogP contribution in [0.1, 0.15) is 27.2 Å². The minimum Gasteiger partial charge on any atom is -0.392 e. The van der Waals surface area contributed by atoms with Gasteiger partial charge >= 0.3 is 0 Å². The highest BCUT2D eigenvalue weighted by atomic mass is 32.1. The first kappa shape index (κ1) is 14.3. The number of amides is 1. The number of nitrogens with two attached hydrogens (primary N) is 1. The van der Waals surface area contributed by atoms with Crippen molar-refractivity contribution in [3.63, 3.8) is 0 Å². The van der Waals surface area contributed by atoms with Crippen LogP contribution in [0.5, 0.6) is 0 Å². The molecule has 1 unspecified atom stereocenters. The smallest absolute Gasteiger partial charge is 0.237 e. The summed E-state index contributed by atoms with van der Waals surface area (Å²) in [5.74, 6) is 0.0370. The van der Waals surface area contributed by atoms with E-state index in [1.165, 1.54) is 0 Å². The molecule has 0 rings (SSSR count). The number of rotatable bonds is 7. The molecule has 0 saturated carbocycles. The molecule has 0 spiro atoms. The Kier molecular flexibility index (Phi) is 7.25. The number of carbonyl (C=O) groups is 1. The standard InChI is InChI=1S/C10H21N3OS/c1-4-6-12-10(14)8(3)13(5-2)7-9(11)15/h8H,4-7H2,1-3H3,(H2,11,15)(H,12,14). The Hall–Kier alpha value is -0.680. The van der Waals surface area contributed by atoms with Crippen molar-refractivity contribution in [1.29, 1.82) is 0 Å². The summed E-state index contributed by atoms with van der Waals surface area (Å²) in [6, 6.07) is -0.178. The molecule has 1 atom stereocenters. The lowest BCUT2D eigenvalue weighted by molar-refractivity contribution is -0.125. The molecule has 0 aliphatic carbocycles. The second-order valence-electron chi connectivity index (χ2n) is 3.50. The van der Waals surface area contributed by atoms with Gasteiger partial charge in [0, 0.05) is 13.1 Å². The molecule has 15 heavy (non-hydrogen) atoms. The van der Waals surface area contributed by atoms with Gasteiger partial charge in [-0.2, -0.15) is 0 Å². The third-order valence-corrected chi connectivity index (χ3v) is 2.37. The lowest BCUT2D eigenvalue weighted by atomic mass is 10.2. The van der Waals surface area contributed by atoms with Gasteiger partial charge in [0.15, 0.2) is 0 Å². The van der Waals surface area contributed by atoms with Crippen molar-refractivity contribution in [2.45, 2.75) is 33.2 Å². The van der Waals surface area contributed by atoms with Crippen LogP contribution in [0.3, 0.4) is 0 Å². The Labute approximate surface area is 97.2 Å². The van der Waals surface area contributed by atoms with Gasteiger partial charge in [-0.15, -0.1) is 0 Å². The van der Waals surface area contributed by atoms with Crippen molar-refractivity contribution in [2.24, 2.45) is 5.73 Å². The zero-order chi connectivity index (χ0) is 11.8. The Morgan fingerprint density at radius 2 is 2.13 bits per heavy atom. The van der Waals surface area contributed by atoms with E-state index in [1.807, 2.05) is 25.7 Å². The van der Waals surface area contributed by atoms with Gasteiger partial charge in [0.1, 0.15) is 0 Å². The Balaban J connectivity index is 4.17. The zero-order valence-corrected chi connectivity index (χ0v) is 10.6. The van der Waals surface area contributed by atoms with E-state index in [2.05, 4.69) is 5.32 Å². The molecule has 0 aromatic heterocycles. The van der Waals surface area contributed by atoms with Crippen molar-refractivity contribution in [1.82, 2.24) is 10.2 Å². The Bertz CT molecular complexity index is 221. The molecule has 1 amide bonds. The van der Waals surface area contributed by atoms with Crippen LogP contribution in [0.15, 0.2) is 0 Å². The van der Waals surface area contributed by atoms with Crippen LogP contribution in [0, 0.1) is 0 Å². The van der Waals surface area contributed by atoms with Crippen molar-refractivity contribution in [2.75, 3.05) is 19.6 Å². The fourth-order valence-corrected chi connectivity index (χ4v) is 1.45. The van der Waals surface area contributed by atoms with Gasteiger partial charge in [-0.3, -0.25) is 9.69 Å². The number of carbonyl (C=O) groups excluding carboxylic acids is 1. The monoisotopic (exact) mass is 231 g/mol. The maximum atomic E-state index is 11.6. The Morgan fingerprint density at radius 1 is 1.53 bits per heavy atom. The maximum absolute atomic E-state index is 11.6. The predicted octanol–water partition coefficient (Wildman–Crippen LogP) is 0.509. The first-order valence-corrected chi connectivity index (χ1v) is 5.73. The van der Waals surface area contributed by atoms with Crippen LogP contribution in [-0.4, -0.2) is 41.5 Å². The summed E-state index contributed by atoms with van der Waals surface area (Å²) in [6.07, 6.45) is 0.944. The second-order valence-corrected chi connectivity index (χ2v) is 4.02. The van der Waals surface area contributed by atoms with Crippen LogP contribution in [0.4, 0.5) is 0 Å². The van der Waals surface area contributed by atoms with Gasteiger partial charge in [-0.05, 0) is 19.9 Å². The molecule has 0 aromatic carbocycles. The van der Waals surface area contributed by atoms with Crippen LogP contribution in [-0.2, 0) is 4.79 Å². The molecule has 0 radical (unpaired) electrons. The lowest BCUT2D eigenvalue weighted by Gasteiger charge is -2.26. The van der Waals surface area contributed by atoms with Gasteiger partial charge in [-0.25, -0.2) is 0 Å². The summed E-state index contributed by atoms with van der Waals surface area (Å²) in [4.78, 5) is 14.0. The molecule has 0 aromatic rings. The van der Waals surface area contributed by atoms with E-state index in [9.17, 15) is 4.79 Å². The number of thiocarbonyl (C=S) groups is 1. The summed E-state index contributed by atoms with van der Waals surface area (Å²) in [5, 5.41) is 2.86. The molecule has 0 saturated heterocycles. The quantitative estimate of drug-likeness (QED) is 0.627. The molecule has 0 aliphatic rings. The van der Waals surface area contributed by atoms with Gasteiger partial charge in [0.2, 0.25) is 5.91 Å². The van der Waals surface area contributed by atoms with Crippen LogP contribution in [0.25, 0.3) is 0 Å². The molecule has 0 aliphatic heterocycles. The van der Waals surface area contributed by atoms with Crippen molar-refractivity contribution in [3.05, 3.63) is 0 Å². The van der Waals surface area contributed by atoms with E-state index >= 15 is 0 Å². The molecule has 0 fully saturated rings. The molecule has 88 valence electrons. The van der Waals surface area contributed by atoms with Crippen molar-refractivity contribution >= 4 is 23.1 Å². The molecular formula is C10H21N3OS. The fraction of sp³-hybridized carbons (Fsp3) is 0.800. The topological polar surface area (TPSA) is 58.4 Å². The average molecular weight is 231 g/mol. The van der Waals surface area contributed by atoms with Gasteiger partial charge < -0.3 is 11.1 Å². The van der Waals surface area contributed by atoms with Crippen LogP contribution < -0.4 is 11.1 Å². The maximum Gasteiger partial charge on any atom is 0.237 e. The van der Waals surface area contributed by atoms with Crippen molar-refractivity contribution in [3.8, 4) is 0 Å². The predicted molar refractivity (Wildman–Crippen MR) is 66.8 cm³/mol. The van der Waals surface area contributed by atoms with E-state index in [0.29, 0.717) is 18.1 Å². The summed E-state index contributed by atoms with van der Waals surface area (Å²) in [5.41, 5.74) is 5.47. The van der Waals surface area contributed by atoms with E-state index in [0.717, 1.165) is 13.0 Å². The normalized spacial score (nSPS) is 12.5. The molecule has 3 N–H and O–H groups in total. The number of hydrogen-bond donors (Lipinski definition) is 2. The molecular weight excluding hydrogens is 210 g/mol. The van der Waals surface area contributed by atoms with E-state index in [4.69, 9.17) is 18.0 Å². The lowest BCUT2D eigenvalue weighted by Crippen LogP contribution is -2.47. The number of nitrogens with zero attached hydrogens (tertiary/aromatic N) is 1. The van der Waals surface area contributed by atoms with Crippen LogP contribution in [0.2, 0.25) is 0 Å². The minimum atomic E-state index is -0.178. The number of likely N-dealkylation sites (N-methyl/N-ethyl adjacent to an activating group) is 1. The molecule has 0 bridgehead atoms. The summed E-state index contributed by atoms with van der Waals surface area (Å²) in [6.45, 7) is 7.85. The van der Waals surface area contributed by atoms with Crippen LogP contribution >= 0.6 is 12.2 Å².